The maximum absolute atomic E-state index is 12.9. The van der Waals surface area contributed by atoms with Gasteiger partial charge in [0, 0.05) is 6.42 Å². The second kappa shape index (κ2) is 9.54. The van der Waals surface area contributed by atoms with Crippen LogP contribution in [0.5, 0.6) is 0 Å². The van der Waals surface area contributed by atoms with Gasteiger partial charge in [-0.1, -0.05) is 74.0 Å². The maximum Gasteiger partial charge on any atom is 0.158 e. The molecule has 2 aliphatic heterocycles. The number of ketones is 1. The minimum Gasteiger partial charge on any atom is -0.388 e. The summed E-state index contributed by atoms with van der Waals surface area (Å²) in [6, 6.07) is 18.9. The van der Waals surface area contributed by atoms with E-state index >= 15 is 0 Å². The van der Waals surface area contributed by atoms with Crippen LogP contribution in [0, 0.1) is 0 Å². The molecule has 6 atom stereocenters. The van der Waals surface area contributed by atoms with E-state index in [0.29, 0.717) is 6.42 Å². The normalized spacial score (nSPS) is 28.9. The van der Waals surface area contributed by atoms with Crippen LogP contribution in [0.4, 0.5) is 0 Å². The summed E-state index contributed by atoms with van der Waals surface area (Å²) in [7, 11) is 0. The molecule has 0 saturated carbocycles. The highest BCUT2D eigenvalue weighted by molar-refractivity contribution is 6.24. The van der Waals surface area contributed by atoms with Crippen molar-refractivity contribution >= 4 is 44.2 Å². The number of hydrogen-bond acceptors (Lipinski definition) is 6. The van der Waals surface area contributed by atoms with Gasteiger partial charge in [0.2, 0.25) is 0 Å². The van der Waals surface area contributed by atoms with Gasteiger partial charge in [0.1, 0.15) is 24.4 Å². The summed E-state index contributed by atoms with van der Waals surface area (Å²) in [4.78, 5) is 12.9. The van der Waals surface area contributed by atoms with Crippen molar-refractivity contribution in [3.63, 3.8) is 0 Å². The summed E-state index contributed by atoms with van der Waals surface area (Å²) in [5.74, 6) is -0.183. The largest absolute Gasteiger partial charge is 0.388 e. The third kappa shape index (κ3) is 4.09. The second-order valence-corrected chi connectivity index (χ2v) is 9.86. The number of carbonyl (C=O) groups is 1. The molecule has 0 amide bonds. The molecule has 186 valence electrons. The third-order valence-electron chi connectivity index (χ3n) is 7.48. The quantitative estimate of drug-likeness (QED) is 0.306. The monoisotopic (exact) mass is 486 g/mol. The number of rotatable bonds is 6. The van der Waals surface area contributed by atoms with E-state index in [4.69, 9.17) is 14.2 Å². The number of allylic oxidation sites excluding steroid dienone is 1. The molecule has 6 nitrogen and oxygen atoms in total. The topological polar surface area (TPSA) is 85.2 Å². The number of hydrogen-bond donors (Lipinski definition) is 2. The average molecular weight is 487 g/mol. The van der Waals surface area contributed by atoms with Gasteiger partial charge in [-0.2, -0.15) is 0 Å². The smallest absolute Gasteiger partial charge is 0.158 e. The van der Waals surface area contributed by atoms with Crippen molar-refractivity contribution in [3.8, 4) is 0 Å². The summed E-state index contributed by atoms with van der Waals surface area (Å²) >= 11 is 0. The van der Waals surface area contributed by atoms with Crippen molar-refractivity contribution in [3.05, 3.63) is 66.2 Å². The van der Waals surface area contributed by atoms with E-state index in [1.54, 1.807) is 0 Å². The third-order valence-corrected chi connectivity index (χ3v) is 7.48. The Balaban J connectivity index is 1.20. The minimum atomic E-state index is -1.21. The number of aliphatic hydroxyl groups is 2. The van der Waals surface area contributed by atoms with Crippen LogP contribution < -0.4 is 0 Å². The maximum atomic E-state index is 12.9. The van der Waals surface area contributed by atoms with Crippen molar-refractivity contribution in [2.75, 3.05) is 6.61 Å². The molecule has 4 aromatic rings. The summed E-state index contributed by atoms with van der Waals surface area (Å²) in [5, 5.41) is 28.4. The first-order chi connectivity index (χ1) is 17.5. The van der Waals surface area contributed by atoms with Gasteiger partial charge in [-0.3, -0.25) is 4.79 Å². The van der Waals surface area contributed by atoms with E-state index in [1.165, 1.54) is 27.6 Å². The molecule has 0 aromatic heterocycles. The summed E-state index contributed by atoms with van der Waals surface area (Å²) in [5.41, 5.74) is 0.954. The van der Waals surface area contributed by atoms with E-state index in [1.807, 2.05) is 19.1 Å². The molecule has 4 aromatic carbocycles. The summed E-state index contributed by atoms with van der Waals surface area (Å²) in [6.07, 6.45) is 0.158. The molecule has 0 radical (unpaired) electrons. The predicted octanol–water partition coefficient (Wildman–Crippen LogP) is 4.59. The van der Waals surface area contributed by atoms with Crippen LogP contribution in [0.25, 0.3) is 38.4 Å². The van der Waals surface area contributed by atoms with Gasteiger partial charge < -0.3 is 24.4 Å². The van der Waals surface area contributed by atoms with Crippen molar-refractivity contribution in [1.29, 1.82) is 0 Å². The van der Waals surface area contributed by atoms with E-state index in [9.17, 15) is 15.0 Å². The first-order valence-corrected chi connectivity index (χ1v) is 12.7. The predicted molar refractivity (Wildman–Crippen MR) is 139 cm³/mol. The standard InChI is InChI=1S/C30H30O6/c1-2-4-25-34-16-24-30(36-25)29(33)28(32)23(35-24)15-21(31)13-11-17-7-8-20-10-9-18-5-3-6-19-12-14-22(17)27(20)26(18)19/h3,5-14,23-25,28-30,32-33H,2,4,15-16H2,1H3/b13-11+/t23-,24+,25?,28-,29+,30+/m0/s1. The molecule has 6 heteroatoms. The van der Waals surface area contributed by atoms with Gasteiger partial charge in [0.25, 0.3) is 0 Å². The van der Waals surface area contributed by atoms with E-state index in [0.717, 1.165) is 22.8 Å². The van der Waals surface area contributed by atoms with Crippen LogP contribution in [0.15, 0.2) is 60.7 Å². The van der Waals surface area contributed by atoms with Gasteiger partial charge in [0.15, 0.2) is 12.1 Å². The molecule has 0 aliphatic carbocycles. The molecule has 1 unspecified atom stereocenters. The Bertz CT molecular complexity index is 1410. The number of fused-ring (bicyclic) bond motifs is 1. The van der Waals surface area contributed by atoms with Crippen LogP contribution in [0.2, 0.25) is 0 Å². The highest BCUT2D eigenvalue weighted by Gasteiger charge is 2.48. The van der Waals surface area contributed by atoms with Gasteiger partial charge in [-0.25, -0.2) is 0 Å². The van der Waals surface area contributed by atoms with Crippen LogP contribution in [0.3, 0.4) is 0 Å². The van der Waals surface area contributed by atoms with Crippen molar-refractivity contribution in [1.82, 2.24) is 0 Å². The van der Waals surface area contributed by atoms with Crippen LogP contribution in [0.1, 0.15) is 31.7 Å². The van der Waals surface area contributed by atoms with Crippen LogP contribution >= 0.6 is 0 Å². The molecular formula is C30H30O6. The van der Waals surface area contributed by atoms with Gasteiger partial charge in [-0.15, -0.1) is 0 Å². The van der Waals surface area contributed by atoms with Gasteiger partial charge >= 0.3 is 0 Å². The molecule has 2 N–H and O–H groups in total. The van der Waals surface area contributed by atoms with E-state index < -0.39 is 36.8 Å². The fourth-order valence-corrected chi connectivity index (χ4v) is 5.64. The molecule has 2 saturated heterocycles. The summed E-state index contributed by atoms with van der Waals surface area (Å²) in [6.45, 7) is 2.29. The van der Waals surface area contributed by atoms with Crippen LogP contribution in [-0.4, -0.2) is 59.4 Å². The van der Waals surface area contributed by atoms with Crippen molar-refractivity contribution in [2.45, 2.75) is 63.0 Å². The Morgan fingerprint density at radius 1 is 0.944 bits per heavy atom. The molecular weight excluding hydrogens is 456 g/mol. The fraction of sp³-hybridized carbons (Fsp3) is 0.367. The van der Waals surface area contributed by atoms with E-state index in [-0.39, 0.29) is 18.8 Å². The van der Waals surface area contributed by atoms with Crippen LogP contribution in [-0.2, 0) is 19.0 Å². The highest BCUT2D eigenvalue weighted by Crippen LogP contribution is 2.36. The lowest BCUT2D eigenvalue weighted by atomic mass is 9.91. The van der Waals surface area contributed by atoms with Crippen molar-refractivity contribution in [2.24, 2.45) is 0 Å². The molecule has 2 aliphatic rings. The highest BCUT2D eigenvalue weighted by atomic mass is 16.7. The first kappa shape index (κ1) is 23.5. The van der Waals surface area contributed by atoms with E-state index in [2.05, 4.69) is 48.5 Å². The lowest BCUT2D eigenvalue weighted by Gasteiger charge is -2.46. The van der Waals surface area contributed by atoms with Gasteiger partial charge in [0.05, 0.1) is 12.7 Å². The second-order valence-electron chi connectivity index (χ2n) is 9.86. The molecule has 0 bridgehead atoms. The molecule has 2 fully saturated rings. The van der Waals surface area contributed by atoms with Crippen molar-refractivity contribution < 1.29 is 29.2 Å². The SMILES string of the molecule is CCCC1OC[C@H]2O[C@@H](CC(=O)/C=C/c3ccc4ccc5cccc6ccc3c4c56)[C@H](O)[C@@H](O)[C@@H]2O1. The number of benzene rings is 4. The zero-order valence-corrected chi connectivity index (χ0v) is 20.2. The molecule has 36 heavy (non-hydrogen) atoms. The Labute approximate surface area is 209 Å². The minimum absolute atomic E-state index is 0.0395. The fourth-order valence-electron chi connectivity index (χ4n) is 5.64. The molecule has 6 rings (SSSR count). The number of carbonyl (C=O) groups excluding carboxylic acids is 1. The first-order valence-electron chi connectivity index (χ1n) is 12.7. The van der Waals surface area contributed by atoms with Gasteiger partial charge in [-0.05, 0) is 50.4 Å². The Morgan fingerprint density at radius 3 is 2.44 bits per heavy atom. The zero-order chi connectivity index (χ0) is 24.8. The molecule has 0 spiro atoms. The Kier molecular flexibility index (Phi) is 6.23. The number of ether oxygens (including phenoxy) is 3. The Hall–Kier alpha value is -2.87. The zero-order valence-electron chi connectivity index (χ0n) is 20.2. The Morgan fingerprint density at radius 2 is 1.67 bits per heavy atom. The lowest BCUT2D eigenvalue weighted by Crippen LogP contribution is -2.62. The average Bonchev–Trinajstić information content (AvgIpc) is 2.90. The summed E-state index contributed by atoms with van der Waals surface area (Å²) < 4.78 is 17.4. The molecule has 2 heterocycles. The number of aliphatic hydroxyl groups excluding tert-OH is 2. The lowest BCUT2D eigenvalue weighted by molar-refractivity contribution is -0.325.